The van der Waals surface area contributed by atoms with Gasteiger partial charge in [-0.05, 0) is 62.7 Å². The number of hydrogen-bond acceptors (Lipinski definition) is 4. The van der Waals surface area contributed by atoms with Gasteiger partial charge in [-0.15, -0.1) is 0 Å². The summed E-state index contributed by atoms with van der Waals surface area (Å²) >= 11 is 0. The first-order chi connectivity index (χ1) is 16.6. The van der Waals surface area contributed by atoms with Gasteiger partial charge < -0.3 is 9.64 Å². The predicted molar refractivity (Wildman–Crippen MR) is 144 cm³/mol. The van der Waals surface area contributed by atoms with E-state index >= 15 is 0 Å². The Labute approximate surface area is 202 Å². The molecule has 0 unspecified atom stereocenters. The van der Waals surface area contributed by atoms with Crippen LogP contribution < -0.4 is 4.74 Å². The fraction of sp³-hybridized carbons (Fsp3) is 0.267. The monoisotopic (exact) mass is 451 g/mol. The van der Waals surface area contributed by atoms with Crippen molar-refractivity contribution in [2.45, 2.75) is 26.2 Å². The number of nitrogens with zero attached hydrogens (tertiary/aromatic N) is 3. The van der Waals surface area contributed by atoms with Crippen LogP contribution in [0.3, 0.4) is 0 Å². The molecule has 4 nitrogen and oxygen atoms in total. The van der Waals surface area contributed by atoms with Crippen molar-refractivity contribution in [2.75, 3.05) is 27.2 Å². The van der Waals surface area contributed by atoms with Gasteiger partial charge >= 0.3 is 0 Å². The number of aromatic nitrogens is 2. The Hall–Kier alpha value is -3.50. The minimum atomic E-state index is 0.668. The maximum Gasteiger partial charge on any atom is 0.221 e. The Bertz CT molecular complexity index is 1260. The Morgan fingerprint density at radius 1 is 0.735 bits per heavy atom. The average Bonchev–Trinajstić information content (AvgIpc) is 2.86. The molecule has 0 fully saturated rings. The number of rotatable bonds is 7. The zero-order chi connectivity index (χ0) is 23.8. The molecule has 0 atom stereocenters. The van der Waals surface area contributed by atoms with E-state index < -0.39 is 0 Å². The minimum absolute atomic E-state index is 0.668. The van der Waals surface area contributed by atoms with Crippen LogP contribution in [0.15, 0.2) is 84.9 Å². The van der Waals surface area contributed by atoms with Crippen LogP contribution in [0.2, 0.25) is 0 Å². The van der Waals surface area contributed by atoms with Crippen molar-refractivity contribution in [2.24, 2.45) is 0 Å². The number of ether oxygens (including phenoxy) is 1. The molecule has 0 amide bonds. The van der Waals surface area contributed by atoms with Crippen LogP contribution in [0.4, 0.5) is 0 Å². The van der Waals surface area contributed by atoms with Crippen molar-refractivity contribution < 1.29 is 4.74 Å². The van der Waals surface area contributed by atoms with Gasteiger partial charge in [0.1, 0.15) is 6.61 Å². The molecule has 0 saturated carbocycles. The highest BCUT2D eigenvalue weighted by Crippen LogP contribution is 2.25. The zero-order valence-electron chi connectivity index (χ0n) is 20.4. The molecular formula is C30H33N3O. The van der Waals surface area contributed by atoms with Crippen LogP contribution in [0.25, 0.3) is 32.6 Å². The zero-order valence-corrected chi connectivity index (χ0v) is 20.4. The lowest BCUT2D eigenvalue weighted by Gasteiger charge is -2.13. The van der Waals surface area contributed by atoms with E-state index in [9.17, 15) is 0 Å². The summed E-state index contributed by atoms with van der Waals surface area (Å²) in [5, 5.41) is 4.72. The molecule has 0 saturated heterocycles. The molecule has 174 valence electrons. The number of benzene rings is 3. The van der Waals surface area contributed by atoms with Gasteiger partial charge in [-0.2, -0.15) is 0 Å². The molecule has 0 aliphatic heterocycles. The largest absolute Gasteiger partial charge is 0.476 e. The summed E-state index contributed by atoms with van der Waals surface area (Å²) in [5.74, 6) is 0.774. The topological polar surface area (TPSA) is 38.2 Å². The van der Waals surface area contributed by atoms with Gasteiger partial charge in [-0.3, -0.25) is 0 Å². The lowest BCUT2D eigenvalue weighted by atomic mass is 10.1. The number of fused-ring (bicyclic) bond motifs is 3. The van der Waals surface area contributed by atoms with E-state index in [-0.39, 0.29) is 0 Å². The third-order valence-electron chi connectivity index (χ3n) is 5.75. The number of hydrogen-bond donors (Lipinski definition) is 0. The van der Waals surface area contributed by atoms with Gasteiger partial charge in [0, 0.05) is 28.4 Å². The summed E-state index contributed by atoms with van der Waals surface area (Å²) in [6.07, 6.45) is 3.37. The van der Waals surface area contributed by atoms with Crippen molar-refractivity contribution in [3.63, 3.8) is 0 Å². The van der Waals surface area contributed by atoms with Crippen molar-refractivity contribution in [1.29, 1.82) is 0 Å². The second-order valence-electron chi connectivity index (χ2n) is 8.77. The van der Waals surface area contributed by atoms with Gasteiger partial charge in [-0.1, -0.05) is 67.9 Å². The predicted octanol–water partition coefficient (Wildman–Crippen LogP) is 6.91. The molecular weight excluding hydrogens is 418 g/mol. The highest BCUT2D eigenvalue weighted by atomic mass is 16.5. The number of unbranched alkanes of at least 4 members (excludes halogenated alkanes) is 1. The molecule has 0 aliphatic carbocycles. The fourth-order valence-electron chi connectivity index (χ4n) is 3.86. The fourth-order valence-corrected chi connectivity index (χ4v) is 3.86. The van der Waals surface area contributed by atoms with E-state index in [0.29, 0.717) is 6.61 Å². The second-order valence-corrected chi connectivity index (χ2v) is 8.77. The summed E-state index contributed by atoms with van der Waals surface area (Å²) in [7, 11) is 4.10. The first-order valence-corrected chi connectivity index (χ1v) is 12.0. The van der Waals surface area contributed by atoms with Crippen LogP contribution in [0.5, 0.6) is 5.88 Å². The number of pyridine rings is 2. The maximum atomic E-state index is 5.90. The van der Waals surface area contributed by atoms with E-state index in [1.54, 1.807) is 0 Å². The normalized spacial score (nSPS) is 11.1. The average molecular weight is 452 g/mol. The minimum Gasteiger partial charge on any atom is -0.476 e. The lowest BCUT2D eigenvalue weighted by Crippen LogP contribution is -2.19. The molecule has 2 aromatic heterocycles. The third-order valence-corrected chi connectivity index (χ3v) is 5.75. The van der Waals surface area contributed by atoms with E-state index in [4.69, 9.17) is 9.72 Å². The summed E-state index contributed by atoms with van der Waals surface area (Å²) in [5.41, 5.74) is 3.25. The van der Waals surface area contributed by atoms with Gasteiger partial charge in [-0.25, -0.2) is 9.97 Å². The van der Waals surface area contributed by atoms with Crippen molar-refractivity contribution in [3.8, 4) is 5.88 Å². The van der Waals surface area contributed by atoms with Crippen molar-refractivity contribution in [1.82, 2.24) is 14.9 Å². The van der Waals surface area contributed by atoms with Crippen molar-refractivity contribution in [3.05, 3.63) is 90.6 Å². The standard InChI is InChI=1S/C17H24N2O.C13H9N/c1-4-5-9-15-13-14-8-6-7-10-16(14)17(18-15)20-12-11-19(2)3;1-3-7-12-10(5-1)9-11-6-2-4-8-13(11)14-12/h6-8,10,13H,4-5,9,11-12H2,1-3H3;1-9H. The molecule has 5 rings (SSSR count). The van der Waals surface area contributed by atoms with E-state index in [1.165, 1.54) is 29.0 Å². The number of para-hydroxylation sites is 2. The van der Waals surface area contributed by atoms with E-state index in [0.717, 1.165) is 41.0 Å². The number of aryl methyl sites for hydroxylation is 1. The van der Waals surface area contributed by atoms with Crippen LogP contribution in [0.1, 0.15) is 25.5 Å². The van der Waals surface area contributed by atoms with Gasteiger partial charge in [0.25, 0.3) is 0 Å². The first kappa shape index (κ1) is 23.7. The number of likely N-dealkylation sites (N-methyl/N-ethyl adjacent to an activating group) is 1. The molecule has 34 heavy (non-hydrogen) atoms. The van der Waals surface area contributed by atoms with Gasteiger partial charge in [0.15, 0.2) is 0 Å². The molecule has 5 aromatic rings. The van der Waals surface area contributed by atoms with Gasteiger partial charge in [0.05, 0.1) is 11.0 Å². The van der Waals surface area contributed by atoms with Crippen LogP contribution in [-0.2, 0) is 6.42 Å². The quantitative estimate of drug-likeness (QED) is 0.252. The smallest absolute Gasteiger partial charge is 0.221 e. The van der Waals surface area contributed by atoms with Gasteiger partial charge in [0.2, 0.25) is 5.88 Å². The summed E-state index contributed by atoms with van der Waals surface area (Å²) in [6, 6.07) is 29.1. The Morgan fingerprint density at radius 3 is 2.00 bits per heavy atom. The molecule has 4 heteroatoms. The Balaban J connectivity index is 0.000000170. The second kappa shape index (κ2) is 11.6. The maximum absolute atomic E-state index is 5.90. The highest BCUT2D eigenvalue weighted by Gasteiger charge is 2.07. The van der Waals surface area contributed by atoms with Crippen LogP contribution >= 0.6 is 0 Å². The summed E-state index contributed by atoms with van der Waals surface area (Å²) in [4.78, 5) is 11.4. The third kappa shape index (κ3) is 6.09. The lowest BCUT2D eigenvalue weighted by molar-refractivity contribution is 0.256. The first-order valence-electron chi connectivity index (χ1n) is 12.0. The van der Waals surface area contributed by atoms with Crippen LogP contribution in [-0.4, -0.2) is 42.1 Å². The van der Waals surface area contributed by atoms with E-state index in [2.05, 4.69) is 59.3 Å². The highest BCUT2D eigenvalue weighted by molar-refractivity contribution is 5.92. The molecule has 0 radical (unpaired) electrons. The Morgan fingerprint density at radius 2 is 1.35 bits per heavy atom. The molecule has 0 N–H and O–H groups in total. The SMILES string of the molecule is CCCCc1cc2ccccc2c(OCCN(C)C)n1.c1ccc2nc3ccccc3cc2c1. The molecule has 0 bridgehead atoms. The molecule has 0 aliphatic rings. The van der Waals surface area contributed by atoms with E-state index in [1.807, 2.05) is 56.6 Å². The van der Waals surface area contributed by atoms with Crippen LogP contribution in [0, 0.1) is 0 Å². The molecule has 2 heterocycles. The summed E-state index contributed by atoms with van der Waals surface area (Å²) < 4.78 is 5.90. The summed E-state index contributed by atoms with van der Waals surface area (Å²) in [6.45, 7) is 3.77. The molecule has 3 aromatic carbocycles. The molecule has 0 spiro atoms. The van der Waals surface area contributed by atoms with Crippen molar-refractivity contribution >= 4 is 32.6 Å². The Kier molecular flexibility index (Phi) is 8.05.